The number of ketones is 1. The summed E-state index contributed by atoms with van der Waals surface area (Å²) in [7, 11) is 0. The van der Waals surface area contributed by atoms with Crippen LogP contribution < -0.4 is 15.2 Å². The van der Waals surface area contributed by atoms with Crippen LogP contribution in [0.2, 0.25) is 0 Å². The third kappa shape index (κ3) is 7.97. The lowest BCUT2D eigenvalue weighted by Crippen LogP contribution is -2.06. The Labute approximate surface area is 175 Å². The Bertz CT molecular complexity index is 863. The van der Waals surface area contributed by atoms with Crippen LogP contribution in [0.3, 0.4) is 0 Å². The first-order valence-electron chi connectivity index (χ1n) is 9.82. The van der Waals surface area contributed by atoms with Gasteiger partial charge in [-0.05, 0) is 37.1 Å². The summed E-state index contributed by atoms with van der Waals surface area (Å²) in [6.07, 6.45) is 4.50. The molecule has 0 atom stereocenters. The molecule has 7 nitrogen and oxygen atoms in total. The Morgan fingerprint density at radius 2 is 1.57 bits per heavy atom. The van der Waals surface area contributed by atoms with E-state index in [1.165, 1.54) is 12.1 Å². The zero-order valence-corrected chi connectivity index (χ0v) is 16.8. The van der Waals surface area contributed by atoms with Crippen molar-refractivity contribution in [3.8, 4) is 11.5 Å². The lowest BCUT2D eigenvalue weighted by Gasteiger charge is -2.12. The summed E-state index contributed by atoms with van der Waals surface area (Å²) in [5.41, 5.74) is 6.60. The van der Waals surface area contributed by atoms with Crippen LogP contribution in [0.1, 0.15) is 41.6 Å². The molecule has 2 aromatic carbocycles. The predicted molar refractivity (Wildman–Crippen MR) is 113 cm³/mol. The van der Waals surface area contributed by atoms with Gasteiger partial charge in [0, 0.05) is 17.7 Å². The number of aliphatic carboxylic acids is 1. The van der Waals surface area contributed by atoms with Gasteiger partial charge in [-0.15, -0.1) is 0 Å². The van der Waals surface area contributed by atoms with Crippen LogP contribution in [0.4, 0.5) is 0 Å². The molecule has 0 saturated carbocycles. The summed E-state index contributed by atoms with van der Waals surface area (Å²) in [6, 6.07) is 14.2. The second-order valence-electron chi connectivity index (χ2n) is 6.72. The SMILES string of the molecule is NCCCCCCOc1cc(OCc2ccccc2)cc(C(=O)C=C(O)C(=O)O)c1. The number of carboxylic acid groups (broad SMARTS) is 1. The first kappa shape index (κ1) is 23.0. The largest absolute Gasteiger partial charge is 0.502 e. The maximum absolute atomic E-state index is 12.4. The molecule has 160 valence electrons. The number of aliphatic hydroxyl groups is 1. The minimum absolute atomic E-state index is 0.159. The zero-order valence-electron chi connectivity index (χ0n) is 16.8. The van der Waals surface area contributed by atoms with E-state index in [1.54, 1.807) is 6.07 Å². The third-order valence-corrected chi connectivity index (χ3v) is 4.27. The second kappa shape index (κ2) is 12.3. The molecule has 4 N–H and O–H groups in total. The van der Waals surface area contributed by atoms with Gasteiger partial charge in [0.1, 0.15) is 18.1 Å². The number of carbonyl (C=O) groups excluding carboxylic acids is 1. The number of rotatable bonds is 13. The van der Waals surface area contributed by atoms with Gasteiger partial charge in [-0.25, -0.2) is 4.79 Å². The number of aliphatic hydroxyl groups excluding tert-OH is 1. The Balaban J connectivity index is 2.12. The minimum atomic E-state index is -1.58. The number of allylic oxidation sites excluding steroid dienone is 1. The van der Waals surface area contributed by atoms with Gasteiger partial charge in [0.25, 0.3) is 0 Å². The first-order chi connectivity index (χ1) is 14.5. The summed E-state index contributed by atoms with van der Waals surface area (Å²) < 4.78 is 11.5. The Hall–Kier alpha value is -3.32. The average molecular weight is 413 g/mol. The van der Waals surface area contributed by atoms with Crippen molar-refractivity contribution in [2.75, 3.05) is 13.2 Å². The summed E-state index contributed by atoms with van der Waals surface area (Å²) >= 11 is 0. The molecule has 0 aromatic heterocycles. The highest BCUT2D eigenvalue weighted by molar-refractivity contribution is 6.08. The van der Waals surface area contributed by atoms with Gasteiger partial charge in [0.05, 0.1) is 6.61 Å². The maximum Gasteiger partial charge on any atom is 0.371 e. The van der Waals surface area contributed by atoms with Gasteiger partial charge in [-0.2, -0.15) is 0 Å². The molecule has 2 rings (SSSR count). The number of unbranched alkanes of at least 4 members (excludes halogenated alkanes) is 3. The number of hydrogen-bond acceptors (Lipinski definition) is 6. The van der Waals surface area contributed by atoms with Crippen LogP contribution in [0.5, 0.6) is 11.5 Å². The molecule has 0 bridgehead atoms. The molecule has 0 aliphatic rings. The molecule has 0 unspecified atom stereocenters. The van der Waals surface area contributed by atoms with Gasteiger partial charge in [0.2, 0.25) is 5.76 Å². The fraction of sp³-hybridized carbons (Fsp3) is 0.304. The molecule has 0 radical (unpaired) electrons. The van der Waals surface area contributed by atoms with Gasteiger partial charge < -0.3 is 25.4 Å². The van der Waals surface area contributed by atoms with Gasteiger partial charge in [-0.1, -0.05) is 43.2 Å². The quantitative estimate of drug-likeness (QED) is 0.197. The van der Waals surface area contributed by atoms with E-state index in [2.05, 4.69) is 0 Å². The minimum Gasteiger partial charge on any atom is -0.502 e. The Morgan fingerprint density at radius 3 is 2.23 bits per heavy atom. The number of carboxylic acids is 1. The molecule has 0 heterocycles. The highest BCUT2D eigenvalue weighted by Crippen LogP contribution is 2.25. The molecule has 2 aromatic rings. The fourth-order valence-corrected chi connectivity index (χ4v) is 2.68. The number of ether oxygens (including phenoxy) is 2. The lowest BCUT2D eigenvalue weighted by molar-refractivity contribution is -0.135. The van der Waals surface area contributed by atoms with E-state index in [1.807, 2.05) is 30.3 Å². The number of nitrogens with two attached hydrogens (primary N) is 1. The van der Waals surface area contributed by atoms with Crippen molar-refractivity contribution in [2.24, 2.45) is 5.73 Å². The molecule has 0 amide bonds. The summed E-state index contributed by atoms with van der Waals surface area (Å²) in [5.74, 6) is -2.42. The summed E-state index contributed by atoms with van der Waals surface area (Å²) in [5, 5.41) is 18.1. The fourth-order valence-electron chi connectivity index (χ4n) is 2.68. The van der Waals surface area contributed by atoms with Crippen LogP contribution in [0, 0.1) is 0 Å². The van der Waals surface area contributed by atoms with E-state index in [-0.39, 0.29) is 5.56 Å². The molecule has 0 spiro atoms. The van der Waals surface area contributed by atoms with Crippen molar-refractivity contribution >= 4 is 11.8 Å². The van der Waals surface area contributed by atoms with Gasteiger partial charge in [0.15, 0.2) is 5.78 Å². The predicted octanol–water partition coefficient (Wildman–Crippen LogP) is 3.87. The molecule has 0 aliphatic heterocycles. The standard InChI is InChI=1S/C23H27NO6/c24-10-6-1-2-7-11-29-19-12-18(21(25)15-22(26)23(27)28)13-20(14-19)30-16-17-8-4-3-5-9-17/h3-5,8-9,12-15,26H,1-2,6-7,10-11,16,24H2,(H,27,28). The van der Waals surface area contributed by atoms with Gasteiger partial charge >= 0.3 is 5.97 Å². The maximum atomic E-state index is 12.4. The van der Waals surface area contributed by atoms with Crippen molar-refractivity contribution < 1.29 is 29.3 Å². The average Bonchev–Trinajstić information content (AvgIpc) is 2.75. The highest BCUT2D eigenvalue weighted by atomic mass is 16.5. The third-order valence-electron chi connectivity index (χ3n) is 4.27. The number of hydrogen-bond donors (Lipinski definition) is 3. The van der Waals surface area contributed by atoms with Crippen LogP contribution in [0.15, 0.2) is 60.4 Å². The zero-order chi connectivity index (χ0) is 21.8. The summed E-state index contributed by atoms with van der Waals surface area (Å²) in [4.78, 5) is 23.1. The normalized spacial score (nSPS) is 11.2. The van der Waals surface area contributed by atoms with Crippen LogP contribution in [0.25, 0.3) is 0 Å². The lowest BCUT2D eigenvalue weighted by atomic mass is 10.1. The molecule has 0 aliphatic carbocycles. The van der Waals surface area contributed by atoms with E-state index >= 15 is 0 Å². The topological polar surface area (TPSA) is 119 Å². The van der Waals surface area contributed by atoms with E-state index in [4.69, 9.17) is 20.3 Å². The molecule has 7 heteroatoms. The molecular formula is C23H27NO6. The molecule has 0 saturated heterocycles. The smallest absolute Gasteiger partial charge is 0.371 e. The van der Waals surface area contributed by atoms with Crippen molar-refractivity contribution in [1.29, 1.82) is 0 Å². The van der Waals surface area contributed by atoms with Crippen molar-refractivity contribution in [2.45, 2.75) is 32.3 Å². The second-order valence-corrected chi connectivity index (χ2v) is 6.72. The van der Waals surface area contributed by atoms with Crippen molar-refractivity contribution in [1.82, 2.24) is 0 Å². The van der Waals surface area contributed by atoms with E-state index < -0.39 is 17.5 Å². The first-order valence-corrected chi connectivity index (χ1v) is 9.82. The van der Waals surface area contributed by atoms with E-state index in [9.17, 15) is 14.7 Å². The van der Waals surface area contributed by atoms with E-state index in [0.29, 0.717) is 37.3 Å². The number of carbonyl (C=O) groups is 2. The molecule has 0 fully saturated rings. The van der Waals surface area contributed by atoms with Crippen molar-refractivity contribution in [3.63, 3.8) is 0 Å². The summed E-state index contributed by atoms with van der Waals surface area (Å²) in [6.45, 7) is 1.44. The van der Waals surface area contributed by atoms with Crippen LogP contribution in [-0.2, 0) is 11.4 Å². The van der Waals surface area contributed by atoms with Crippen molar-refractivity contribution in [3.05, 3.63) is 71.5 Å². The highest BCUT2D eigenvalue weighted by Gasteiger charge is 2.13. The monoisotopic (exact) mass is 413 g/mol. The molecular weight excluding hydrogens is 386 g/mol. The van der Waals surface area contributed by atoms with E-state index in [0.717, 1.165) is 31.2 Å². The number of benzene rings is 2. The Kier molecular flexibility index (Phi) is 9.40. The van der Waals surface area contributed by atoms with Gasteiger partial charge in [-0.3, -0.25) is 4.79 Å². The Morgan fingerprint density at radius 1 is 0.900 bits per heavy atom. The van der Waals surface area contributed by atoms with Crippen LogP contribution >= 0.6 is 0 Å². The van der Waals surface area contributed by atoms with Crippen LogP contribution in [-0.4, -0.2) is 35.1 Å². The molecule has 30 heavy (non-hydrogen) atoms.